The fourth-order valence-electron chi connectivity index (χ4n) is 4.69. The van der Waals surface area contributed by atoms with Crippen molar-refractivity contribution < 1.29 is 8.78 Å². The zero-order valence-electron chi connectivity index (χ0n) is 16.7. The summed E-state index contributed by atoms with van der Waals surface area (Å²) >= 11 is 0. The van der Waals surface area contributed by atoms with Crippen molar-refractivity contribution in [2.45, 2.75) is 24.9 Å². The van der Waals surface area contributed by atoms with Gasteiger partial charge in [-0.05, 0) is 49.2 Å². The summed E-state index contributed by atoms with van der Waals surface area (Å²) in [5.74, 6) is -0.0116. The van der Waals surface area contributed by atoms with Gasteiger partial charge < -0.3 is 10.2 Å². The second kappa shape index (κ2) is 7.09. The molecule has 1 N–H and O–H groups in total. The number of anilines is 1. The number of halogens is 2. The Morgan fingerprint density at radius 1 is 0.968 bits per heavy atom. The van der Waals surface area contributed by atoms with Crippen molar-refractivity contribution in [1.82, 2.24) is 24.8 Å². The number of pyridine rings is 2. The molecule has 2 bridgehead atoms. The van der Waals surface area contributed by atoms with E-state index in [1.54, 1.807) is 12.4 Å². The van der Waals surface area contributed by atoms with Gasteiger partial charge in [0.15, 0.2) is 5.65 Å². The van der Waals surface area contributed by atoms with E-state index in [1.165, 1.54) is 18.6 Å². The highest BCUT2D eigenvalue weighted by Crippen LogP contribution is 2.32. The number of hydrogen-bond acceptors (Lipinski definition) is 5. The number of nitrogens with zero attached hydrogens (tertiary/aromatic N) is 5. The van der Waals surface area contributed by atoms with Gasteiger partial charge in [0.2, 0.25) is 0 Å². The first kappa shape index (κ1) is 18.4. The van der Waals surface area contributed by atoms with E-state index in [-0.39, 0.29) is 5.56 Å². The molecule has 3 aromatic heterocycles. The Balaban J connectivity index is 1.55. The van der Waals surface area contributed by atoms with Crippen molar-refractivity contribution in [2.75, 3.05) is 18.0 Å². The summed E-state index contributed by atoms with van der Waals surface area (Å²) in [6.07, 6.45) is 5.68. The van der Waals surface area contributed by atoms with Crippen LogP contribution in [-0.4, -0.2) is 44.7 Å². The molecule has 3 aliphatic heterocycles. The van der Waals surface area contributed by atoms with Crippen LogP contribution in [0.3, 0.4) is 0 Å². The van der Waals surface area contributed by atoms with E-state index in [0.29, 0.717) is 29.1 Å². The first-order valence-corrected chi connectivity index (χ1v) is 10.4. The van der Waals surface area contributed by atoms with Crippen LogP contribution in [0.1, 0.15) is 12.8 Å². The predicted octanol–water partition coefficient (Wildman–Crippen LogP) is 3.70. The number of imidazole rings is 1. The number of nitrogens with one attached hydrogen (secondary N) is 1. The molecule has 0 saturated carbocycles. The van der Waals surface area contributed by atoms with Crippen LogP contribution >= 0.6 is 0 Å². The number of hydrogen-bond donors (Lipinski definition) is 1. The Labute approximate surface area is 177 Å². The predicted molar refractivity (Wildman–Crippen MR) is 114 cm³/mol. The number of rotatable bonds is 3. The van der Waals surface area contributed by atoms with Crippen LogP contribution in [0, 0.1) is 11.6 Å². The number of fused-ring (bicyclic) bond motifs is 4. The number of piperidine rings is 2. The lowest BCUT2D eigenvalue weighted by atomic mass is 9.93. The summed E-state index contributed by atoms with van der Waals surface area (Å²) in [7, 11) is 0. The topological polar surface area (TPSA) is 58.9 Å². The molecular formula is C23H20F2N6. The molecule has 4 aromatic rings. The maximum absolute atomic E-state index is 14.7. The molecule has 0 radical (unpaired) electrons. The lowest BCUT2D eigenvalue weighted by molar-refractivity contribution is 0.289. The van der Waals surface area contributed by atoms with Crippen molar-refractivity contribution in [3.8, 4) is 17.1 Å². The van der Waals surface area contributed by atoms with Crippen LogP contribution in [0.15, 0.2) is 54.9 Å². The summed E-state index contributed by atoms with van der Waals surface area (Å²) in [5.41, 5.74) is 2.28. The maximum atomic E-state index is 14.7. The summed E-state index contributed by atoms with van der Waals surface area (Å²) in [5, 5.41) is 3.56. The Morgan fingerprint density at radius 3 is 2.55 bits per heavy atom. The standard InChI is InChI=1S/C23H20F2N6/c24-14-1-4-18(19(25)11-14)22-28-20-5-6-21(30-13-15-2-3-17(30)12-27-15)29-23(20)31(22)16-7-9-26-10-8-16/h1,4-11,15,17,27H,2-3,12-13H2/t15-,17-/m0/s1. The molecule has 0 spiro atoms. The molecule has 8 heteroatoms. The van der Waals surface area contributed by atoms with E-state index >= 15 is 0 Å². The zero-order chi connectivity index (χ0) is 20.9. The van der Waals surface area contributed by atoms with Crippen molar-refractivity contribution in [3.05, 3.63) is 66.5 Å². The van der Waals surface area contributed by atoms with Gasteiger partial charge in [0.1, 0.15) is 28.8 Å². The molecule has 7 rings (SSSR count). The number of piperazine rings is 1. The first-order chi connectivity index (χ1) is 15.2. The minimum atomic E-state index is -0.662. The summed E-state index contributed by atoms with van der Waals surface area (Å²) in [6, 6.07) is 12.0. The third-order valence-corrected chi connectivity index (χ3v) is 6.23. The van der Waals surface area contributed by atoms with Crippen LogP contribution in [0.25, 0.3) is 28.2 Å². The van der Waals surface area contributed by atoms with Gasteiger partial charge in [-0.1, -0.05) is 0 Å². The highest BCUT2D eigenvalue weighted by Gasteiger charge is 2.34. The molecule has 0 amide bonds. The second-order valence-corrected chi connectivity index (χ2v) is 8.10. The van der Waals surface area contributed by atoms with E-state index in [4.69, 9.17) is 4.98 Å². The molecule has 3 saturated heterocycles. The fourth-order valence-corrected chi connectivity index (χ4v) is 4.69. The van der Waals surface area contributed by atoms with Gasteiger partial charge in [0.25, 0.3) is 0 Å². The lowest BCUT2D eigenvalue weighted by Gasteiger charge is -2.46. The number of benzene rings is 1. The minimum absolute atomic E-state index is 0.221. The molecule has 3 fully saturated rings. The smallest absolute Gasteiger partial charge is 0.167 e. The Hall–Kier alpha value is -3.39. The molecule has 0 aliphatic carbocycles. The van der Waals surface area contributed by atoms with Crippen molar-refractivity contribution >= 4 is 17.0 Å². The average Bonchev–Trinajstić information content (AvgIpc) is 3.18. The van der Waals surface area contributed by atoms with Gasteiger partial charge in [-0.2, -0.15) is 0 Å². The van der Waals surface area contributed by atoms with Gasteiger partial charge >= 0.3 is 0 Å². The van der Waals surface area contributed by atoms with E-state index in [2.05, 4.69) is 20.2 Å². The van der Waals surface area contributed by atoms with E-state index < -0.39 is 11.6 Å². The van der Waals surface area contributed by atoms with Gasteiger partial charge in [-0.3, -0.25) is 9.55 Å². The van der Waals surface area contributed by atoms with Crippen molar-refractivity contribution in [2.24, 2.45) is 0 Å². The van der Waals surface area contributed by atoms with Crippen LogP contribution in [0.4, 0.5) is 14.6 Å². The van der Waals surface area contributed by atoms with Gasteiger partial charge in [-0.25, -0.2) is 18.7 Å². The third kappa shape index (κ3) is 3.06. The SMILES string of the molecule is Fc1ccc(-c2nc3ccc(N4C[C@@H]5CC[C@H]4CN5)nc3n2-c2ccncc2)c(F)c1. The van der Waals surface area contributed by atoms with E-state index in [9.17, 15) is 8.78 Å². The molecule has 1 aromatic carbocycles. The van der Waals surface area contributed by atoms with Gasteiger partial charge in [0.05, 0.1) is 11.3 Å². The Bertz CT molecular complexity index is 1260. The highest BCUT2D eigenvalue weighted by atomic mass is 19.1. The zero-order valence-corrected chi connectivity index (χ0v) is 16.7. The first-order valence-electron chi connectivity index (χ1n) is 10.4. The highest BCUT2D eigenvalue weighted by molar-refractivity contribution is 5.81. The second-order valence-electron chi connectivity index (χ2n) is 8.10. The normalized spacial score (nSPS) is 20.5. The summed E-state index contributed by atoms with van der Waals surface area (Å²) in [4.78, 5) is 16.1. The van der Waals surface area contributed by atoms with Gasteiger partial charge in [0, 0.05) is 43.6 Å². The Morgan fingerprint density at radius 2 is 1.84 bits per heavy atom. The van der Waals surface area contributed by atoms with E-state index in [0.717, 1.165) is 37.1 Å². The minimum Gasteiger partial charge on any atom is -0.351 e. The number of aromatic nitrogens is 4. The lowest BCUT2D eigenvalue weighted by Crippen LogP contribution is -2.61. The van der Waals surface area contributed by atoms with Crippen LogP contribution < -0.4 is 10.2 Å². The van der Waals surface area contributed by atoms with Crippen molar-refractivity contribution in [1.29, 1.82) is 0 Å². The molecule has 156 valence electrons. The van der Waals surface area contributed by atoms with Crippen LogP contribution in [-0.2, 0) is 0 Å². The molecule has 2 atom stereocenters. The quantitative estimate of drug-likeness (QED) is 0.550. The summed E-state index contributed by atoms with van der Waals surface area (Å²) in [6.45, 7) is 1.88. The largest absolute Gasteiger partial charge is 0.351 e. The molecule has 0 unspecified atom stereocenters. The van der Waals surface area contributed by atoms with Crippen LogP contribution in [0.5, 0.6) is 0 Å². The summed E-state index contributed by atoms with van der Waals surface area (Å²) < 4.78 is 30.0. The molecular weight excluding hydrogens is 398 g/mol. The Kier molecular flexibility index (Phi) is 4.21. The van der Waals surface area contributed by atoms with E-state index in [1.807, 2.05) is 28.8 Å². The molecule has 3 aliphatic rings. The maximum Gasteiger partial charge on any atom is 0.167 e. The monoisotopic (exact) mass is 418 g/mol. The van der Waals surface area contributed by atoms with Gasteiger partial charge in [-0.15, -0.1) is 0 Å². The fraction of sp³-hybridized carbons (Fsp3) is 0.261. The molecule has 31 heavy (non-hydrogen) atoms. The van der Waals surface area contributed by atoms with Crippen molar-refractivity contribution in [3.63, 3.8) is 0 Å². The van der Waals surface area contributed by atoms with Crippen LogP contribution in [0.2, 0.25) is 0 Å². The molecule has 6 heterocycles. The third-order valence-electron chi connectivity index (χ3n) is 6.23. The molecule has 6 nitrogen and oxygen atoms in total. The average molecular weight is 418 g/mol.